The van der Waals surface area contributed by atoms with Crippen molar-refractivity contribution in [3.8, 4) is 0 Å². The molecule has 2 aromatic carbocycles. The molecule has 1 heterocycles. The van der Waals surface area contributed by atoms with Crippen LogP contribution >= 0.6 is 11.6 Å². The molecule has 0 fully saturated rings. The van der Waals surface area contributed by atoms with E-state index < -0.39 is 0 Å². The van der Waals surface area contributed by atoms with Gasteiger partial charge in [-0.2, -0.15) is 0 Å². The Bertz CT molecular complexity index is 866. The fourth-order valence-corrected chi connectivity index (χ4v) is 3.54. The molecule has 2 aromatic rings. The van der Waals surface area contributed by atoms with Gasteiger partial charge in [0.2, 0.25) is 5.91 Å². The van der Waals surface area contributed by atoms with E-state index in [1.165, 1.54) is 11.1 Å². The lowest BCUT2D eigenvalue weighted by Crippen LogP contribution is -2.47. The molecule has 0 unspecified atom stereocenters. The molecular formula is C22H26ClN3O2. The van der Waals surface area contributed by atoms with Crippen molar-refractivity contribution in [3.05, 3.63) is 70.2 Å². The van der Waals surface area contributed by atoms with Gasteiger partial charge in [0.15, 0.2) is 0 Å². The van der Waals surface area contributed by atoms with Crippen LogP contribution in [0.2, 0.25) is 5.02 Å². The molecule has 0 bridgehead atoms. The van der Waals surface area contributed by atoms with Crippen LogP contribution in [0.15, 0.2) is 48.5 Å². The molecule has 3 amide bonds. The fourth-order valence-electron chi connectivity index (χ4n) is 3.35. The second-order valence-corrected chi connectivity index (χ2v) is 8.20. The Morgan fingerprint density at radius 1 is 1.07 bits per heavy atom. The Hall–Kier alpha value is -2.53. The first kappa shape index (κ1) is 20.2. The summed E-state index contributed by atoms with van der Waals surface area (Å²) in [7, 11) is 0. The molecule has 0 radical (unpaired) electrons. The average Bonchev–Trinajstić information content (AvgIpc) is 2.70. The molecule has 0 aromatic heterocycles. The molecule has 0 aliphatic carbocycles. The maximum absolute atomic E-state index is 12.4. The van der Waals surface area contributed by atoms with Gasteiger partial charge in [-0.15, -0.1) is 0 Å². The highest BCUT2D eigenvalue weighted by Crippen LogP contribution is 2.24. The van der Waals surface area contributed by atoms with Crippen molar-refractivity contribution in [2.75, 3.05) is 19.6 Å². The maximum Gasteiger partial charge on any atom is 0.315 e. The molecule has 6 heteroatoms. The van der Waals surface area contributed by atoms with Gasteiger partial charge in [-0.05, 0) is 35.2 Å². The minimum Gasteiger partial charge on any atom is -0.337 e. The van der Waals surface area contributed by atoms with E-state index in [2.05, 4.69) is 16.7 Å². The lowest BCUT2D eigenvalue weighted by molar-refractivity contribution is -0.130. The number of fused-ring (bicyclic) bond motifs is 1. The van der Waals surface area contributed by atoms with Crippen LogP contribution < -0.4 is 10.6 Å². The Morgan fingerprint density at radius 3 is 2.57 bits per heavy atom. The van der Waals surface area contributed by atoms with Gasteiger partial charge >= 0.3 is 6.03 Å². The van der Waals surface area contributed by atoms with Gasteiger partial charge in [0.05, 0.1) is 6.54 Å². The van der Waals surface area contributed by atoms with Crippen LogP contribution in [-0.4, -0.2) is 36.5 Å². The highest BCUT2D eigenvalue weighted by atomic mass is 35.5. The third kappa shape index (κ3) is 5.04. The first-order valence-corrected chi connectivity index (χ1v) is 9.85. The van der Waals surface area contributed by atoms with Crippen LogP contribution in [0.1, 0.15) is 30.5 Å². The second kappa shape index (κ2) is 8.65. The highest BCUT2D eigenvalue weighted by Gasteiger charge is 2.23. The summed E-state index contributed by atoms with van der Waals surface area (Å²) in [6, 6.07) is 15.4. The minimum absolute atomic E-state index is 0.00834. The Kier molecular flexibility index (Phi) is 6.25. The summed E-state index contributed by atoms with van der Waals surface area (Å²) >= 11 is 6.06. The number of hydrogen-bond donors (Lipinski definition) is 2. The van der Waals surface area contributed by atoms with E-state index in [1.807, 2.05) is 56.3 Å². The number of rotatable bonds is 5. The zero-order chi connectivity index (χ0) is 20.1. The number of nitrogens with one attached hydrogen (secondary N) is 2. The van der Waals surface area contributed by atoms with Crippen molar-refractivity contribution >= 4 is 23.5 Å². The number of nitrogens with zero attached hydrogens (tertiary/aromatic N) is 1. The smallest absolute Gasteiger partial charge is 0.315 e. The third-order valence-corrected chi connectivity index (χ3v) is 5.42. The molecule has 5 nitrogen and oxygen atoms in total. The molecule has 1 aliphatic heterocycles. The normalized spacial score (nSPS) is 13.6. The lowest BCUT2D eigenvalue weighted by atomic mass is 9.85. The average molecular weight is 400 g/mol. The number of carbonyl (C=O) groups excluding carboxylic acids is 2. The molecule has 148 valence electrons. The van der Waals surface area contributed by atoms with Crippen LogP contribution in [0.3, 0.4) is 0 Å². The van der Waals surface area contributed by atoms with Crippen LogP contribution in [0.5, 0.6) is 0 Å². The molecule has 28 heavy (non-hydrogen) atoms. The highest BCUT2D eigenvalue weighted by molar-refractivity contribution is 6.30. The molecule has 0 saturated heterocycles. The van der Waals surface area contributed by atoms with Gasteiger partial charge in [-0.1, -0.05) is 61.8 Å². The minimum atomic E-state index is -0.346. The van der Waals surface area contributed by atoms with E-state index in [9.17, 15) is 9.59 Å². The SMILES string of the molecule is CC(C)(CNC(=O)NCC(=O)N1CCc2ccccc2C1)c1cccc(Cl)c1. The van der Waals surface area contributed by atoms with Gasteiger partial charge in [-0.3, -0.25) is 4.79 Å². The van der Waals surface area contributed by atoms with Crippen molar-refractivity contribution < 1.29 is 9.59 Å². The van der Waals surface area contributed by atoms with Gasteiger partial charge in [-0.25, -0.2) is 4.79 Å². The van der Waals surface area contributed by atoms with Gasteiger partial charge < -0.3 is 15.5 Å². The largest absolute Gasteiger partial charge is 0.337 e. The van der Waals surface area contributed by atoms with Crippen LogP contribution in [0.25, 0.3) is 0 Å². The summed E-state index contributed by atoms with van der Waals surface area (Å²) in [6.45, 7) is 5.78. The predicted molar refractivity (Wildman–Crippen MR) is 111 cm³/mol. The number of hydrogen-bond acceptors (Lipinski definition) is 2. The summed E-state index contributed by atoms with van der Waals surface area (Å²) < 4.78 is 0. The van der Waals surface area contributed by atoms with Gasteiger partial charge in [0.1, 0.15) is 0 Å². The quantitative estimate of drug-likeness (QED) is 0.808. The van der Waals surface area contributed by atoms with Crippen LogP contribution in [-0.2, 0) is 23.2 Å². The summed E-state index contributed by atoms with van der Waals surface area (Å²) in [5.74, 6) is -0.0706. The zero-order valence-corrected chi connectivity index (χ0v) is 17.1. The number of amides is 3. The Morgan fingerprint density at radius 2 is 1.82 bits per heavy atom. The standard InChI is InChI=1S/C22H26ClN3O2/c1-22(2,18-8-5-9-19(23)12-18)15-25-21(28)24-13-20(27)26-11-10-16-6-3-4-7-17(16)14-26/h3-9,12H,10-11,13-15H2,1-2H3,(H2,24,25,28). The van der Waals surface area contributed by atoms with E-state index in [0.717, 1.165) is 12.0 Å². The van der Waals surface area contributed by atoms with E-state index in [1.54, 1.807) is 4.90 Å². The maximum atomic E-state index is 12.4. The van der Waals surface area contributed by atoms with E-state index in [0.29, 0.717) is 24.7 Å². The lowest BCUT2D eigenvalue weighted by Gasteiger charge is -2.29. The molecule has 0 spiro atoms. The van der Waals surface area contributed by atoms with Crippen molar-refractivity contribution in [2.45, 2.75) is 32.2 Å². The number of carbonyl (C=O) groups is 2. The van der Waals surface area contributed by atoms with E-state index in [-0.39, 0.29) is 23.9 Å². The van der Waals surface area contributed by atoms with Gasteiger partial charge in [0.25, 0.3) is 0 Å². The van der Waals surface area contributed by atoms with Crippen LogP contribution in [0, 0.1) is 0 Å². The molecule has 2 N–H and O–H groups in total. The van der Waals surface area contributed by atoms with Crippen LogP contribution in [0.4, 0.5) is 4.79 Å². The molecule has 0 atom stereocenters. The molecule has 3 rings (SSSR count). The molecule has 1 aliphatic rings. The number of halogens is 1. The summed E-state index contributed by atoms with van der Waals surface area (Å²) in [5, 5.41) is 6.19. The Labute approximate surface area is 171 Å². The predicted octanol–water partition coefficient (Wildman–Crippen LogP) is 3.50. The van der Waals surface area contributed by atoms with Crippen molar-refractivity contribution in [3.63, 3.8) is 0 Å². The molecule has 0 saturated carbocycles. The van der Waals surface area contributed by atoms with E-state index >= 15 is 0 Å². The van der Waals surface area contributed by atoms with Crippen molar-refractivity contribution in [2.24, 2.45) is 0 Å². The summed E-state index contributed by atoms with van der Waals surface area (Å²) in [4.78, 5) is 26.4. The number of benzene rings is 2. The first-order valence-electron chi connectivity index (χ1n) is 9.47. The van der Waals surface area contributed by atoms with Gasteiger partial charge in [0, 0.05) is 30.1 Å². The monoisotopic (exact) mass is 399 g/mol. The number of urea groups is 1. The van der Waals surface area contributed by atoms with E-state index in [4.69, 9.17) is 11.6 Å². The topological polar surface area (TPSA) is 61.4 Å². The first-order chi connectivity index (χ1) is 13.3. The zero-order valence-electron chi connectivity index (χ0n) is 16.3. The molecular weight excluding hydrogens is 374 g/mol. The third-order valence-electron chi connectivity index (χ3n) is 5.18. The van der Waals surface area contributed by atoms with Crippen molar-refractivity contribution in [1.29, 1.82) is 0 Å². The summed E-state index contributed by atoms with van der Waals surface area (Å²) in [5.41, 5.74) is 3.24. The fraction of sp³-hybridized carbons (Fsp3) is 0.364. The Balaban J connectivity index is 1.46. The second-order valence-electron chi connectivity index (χ2n) is 7.76. The van der Waals surface area contributed by atoms with Crippen molar-refractivity contribution in [1.82, 2.24) is 15.5 Å². The summed E-state index contributed by atoms with van der Waals surface area (Å²) in [6.07, 6.45) is 0.849.